The fourth-order valence-corrected chi connectivity index (χ4v) is 0.860. The summed E-state index contributed by atoms with van der Waals surface area (Å²) in [5, 5.41) is 11.4. The monoisotopic (exact) mass is 175 g/mol. The lowest BCUT2D eigenvalue weighted by Crippen LogP contribution is -2.42. The summed E-state index contributed by atoms with van der Waals surface area (Å²) < 4.78 is 0. The second kappa shape index (κ2) is 4.28. The van der Waals surface area contributed by atoms with Gasteiger partial charge in [-0.3, -0.25) is 0 Å². The lowest BCUT2D eigenvalue weighted by molar-refractivity contribution is -0.140. The van der Waals surface area contributed by atoms with Gasteiger partial charge in [0.1, 0.15) is 6.04 Å². The summed E-state index contributed by atoms with van der Waals surface area (Å²) in [6.45, 7) is 5.35. The highest BCUT2D eigenvalue weighted by Crippen LogP contribution is 2.01. The van der Waals surface area contributed by atoms with Crippen LogP contribution in [0.25, 0.3) is 0 Å². The lowest BCUT2D eigenvalue weighted by atomic mass is 10.1. The molecule has 4 heteroatoms. The minimum Gasteiger partial charge on any atom is -0.480 e. The number of hydrogen-bond donors (Lipinski definition) is 2. The number of carbonyl (C=O) groups is 1. The van der Waals surface area contributed by atoms with Gasteiger partial charge in [-0.25, -0.2) is 4.79 Å². The molecule has 0 saturated heterocycles. The molecule has 1 atom stereocenters. The molecule has 3 nitrogen and oxygen atoms in total. The van der Waals surface area contributed by atoms with Gasteiger partial charge in [-0.05, 0) is 12.8 Å². The zero-order chi connectivity index (χ0) is 9.02. The van der Waals surface area contributed by atoms with Crippen LogP contribution in [0.2, 0.25) is 0 Å². The second-order valence-electron chi connectivity index (χ2n) is 2.76. The van der Waals surface area contributed by atoms with Crippen LogP contribution in [0, 0.1) is 5.92 Å². The van der Waals surface area contributed by atoms with Crippen molar-refractivity contribution in [1.29, 1.82) is 0 Å². The van der Waals surface area contributed by atoms with Gasteiger partial charge in [-0.1, -0.05) is 26.1 Å². The third-order valence-corrected chi connectivity index (χ3v) is 1.41. The molecule has 0 saturated carbocycles. The SMILES string of the molecule is CC(=S)N[C@H](C(=O)O)C(C)C. The van der Waals surface area contributed by atoms with E-state index < -0.39 is 12.0 Å². The van der Waals surface area contributed by atoms with Crippen molar-refractivity contribution < 1.29 is 9.90 Å². The Bertz CT molecular complexity index is 168. The van der Waals surface area contributed by atoms with E-state index in [0.29, 0.717) is 4.99 Å². The maximum atomic E-state index is 10.6. The molecule has 0 heterocycles. The molecule has 0 bridgehead atoms. The van der Waals surface area contributed by atoms with Crippen LogP contribution in [0.5, 0.6) is 0 Å². The minimum absolute atomic E-state index is 0.0467. The molecule has 0 aliphatic heterocycles. The van der Waals surface area contributed by atoms with Crippen LogP contribution in [0.1, 0.15) is 20.8 Å². The van der Waals surface area contributed by atoms with Crippen molar-refractivity contribution in [1.82, 2.24) is 5.32 Å². The first kappa shape index (κ1) is 10.4. The van der Waals surface area contributed by atoms with E-state index in [-0.39, 0.29) is 5.92 Å². The van der Waals surface area contributed by atoms with E-state index in [1.54, 1.807) is 6.92 Å². The van der Waals surface area contributed by atoms with E-state index in [1.165, 1.54) is 0 Å². The summed E-state index contributed by atoms with van der Waals surface area (Å²) in [6, 6.07) is -0.563. The Hall–Kier alpha value is -0.640. The first-order valence-corrected chi connectivity index (χ1v) is 3.86. The van der Waals surface area contributed by atoms with Crippen LogP contribution in [0.3, 0.4) is 0 Å². The molecular weight excluding hydrogens is 162 g/mol. The third kappa shape index (κ3) is 3.93. The van der Waals surface area contributed by atoms with Gasteiger partial charge < -0.3 is 10.4 Å². The van der Waals surface area contributed by atoms with Crippen LogP contribution in [0.15, 0.2) is 0 Å². The van der Waals surface area contributed by atoms with Crippen molar-refractivity contribution >= 4 is 23.2 Å². The lowest BCUT2D eigenvalue weighted by Gasteiger charge is -2.17. The van der Waals surface area contributed by atoms with Crippen molar-refractivity contribution in [2.24, 2.45) is 5.92 Å². The smallest absolute Gasteiger partial charge is 0.326 e. The second-order valence-corrected chi connectivity index (χ2v) is 3.37. The van der Waals surface area contributed by atoms with Crippen LogP contribution in [-0.2, 0) is 4.79 Å². The molecule has 0 unspecified atom stereocenters. The molecule has 0 aromatic heterocycles. The van der Waals surface area contributed by atoms with Crippen LogP contribution in [0.4, 0.5) is 0 Å². The van der Waals surface area contributed by atoms with Crippen molar-refractivity contribution in [3.05, 3.63) is 0 Å². The summed E-state index contributed by atoms with van der Waals surface area (Å²) in [6.07, 6.45) is 0. The van der Waals surface area contributed by atoms with Gasteiger partial charge in [0, 0.05) is 0 Å². The van der Waals surface area contributed by atoms with Crippen LogP contribution >= 0.6 is 12.2 Å². The first-order chi connectivity index (χ1) is 4.95. The van der Waals surface area contributed by atoms with Crippen molar-refractivity contribution in [2.75, 3.05) is 0 Å². The molecule has 0 fully saturated rings. The average Bonchev–Trinajstić information content (AvgIpc) is 1.81. The van der Waals surface area contributed by atoms with Gasteiger partial charge in [0.05, 0.1) is 4.99 Å². The molecule has 0 amide bonds. The molecule has 0 spiro atoms. The first-order valence-electron chi connectivity index (χ1n) is 3.45. The predicted molar refractivity (Wildman–Crippen MR) is 47.7 cm³/mol. The van der Waals surface area contributed by atoms with Crippen LogP contribution < -0.4 is 5.32 Å². The highest BCUT2D eigenvalue weighted by Gasteiger charge is 2.20. The Morgan fingerprint density at radius 1 is 1.55 bits per heavy atom. The third-order valence-electron chi connectivity index (χ3n) is 1.29. The van der Waals surface area contributed by atoms with E-state index in [4.69, 9.17) is 17.3 Å². The normalized spacial score (nSPS) is 12.7. The molecular formula is C7H13NO2S. The summed E-state index contributed by atoms with van der Waals surface area (Å²) in [5.41, 5.74) is 0. The molecule has 0 aliphatic carbocycles. The molecule has 0 rings (SSSR count). The zero-order valence-electron chi connectivity index (χ0n) is 6.92. The molecule has 11 heavy (non-hydrogen) atoms. The number of thiocarbonyl (C=S) groups is 1. The van der Waals surface area contributed by atoms with Crippen LogP contribution in [-0.4, -0.2) is 22.1 Å². The van der Waals surface area contributed by atoms with Gasteiger partial charge in [-0.15, -0.1) is 0 Å². The molecule has 0 radical (unpaired) electrons. The molecule has 0 aliphatic rings. The topological polar surface area (TPSA) is 49.3 Å². The van der Waals surface area contributed by atoms with E-state index in [0.717, 1.165) is 0 Å². The van der Waals surface area contributed by atoms with E-state index in [9.17, 15) is 4.79 Å². The average molecular weight is 175 g/mol. The molecule has 2 N–H and O–H groups in total. The Morgan fingerprint density at radius 2 is 2.00 bits per heavy atom. The number of aliphatic carboxylic acids is 1. The van der Waals surface area contributed by atoms with Gasteiger partial charge in [-0.2, -0.15) is 0 Å². The largest absolute Gasteiger partial charge is 0.480 e. The minimum atomic E-state index is -0.857. The van der Waals surface area contributed by atoms with Gasteiger partial charge in [0.15, 0.2) is 0 Å². The summed E-state index contributed by atoms with van der Waals surface area (Å²) >= 11 is 4.74. The Labute approximate surface area is 71.8 Å². The number of hydrogen-bond acceptors (Lipinski definition) is 2. The summed E-state index contributed by atoms with van der Waals surface area (Å²) in [4.78, 5) is 11.1. The van der Waals surface area contributed by atoms with Crippen molar-refractivity contribution in [3.8, 4) is 0 Å². The quantitative estimate of drug-likeness (QED) is 0.629. The highest BCUT2D eigenvalue weighted by atomic mass is 32.1. The highest BCUT2D eigenvalue weighted by molar-refractivity contribution is 7.80. The van der Waals surface area contributed by atoms with Gasteiger partial charge in [0.2, 0.25) is 0 Å². The maximum absolute atomic E-state index is 10.6. The van der Waals surface area contributed by atoms with E-state index in [1.807, 2.05) is 13.8 Å². The molecule has 0 aromatic rings. The van der Waals surface area contributed by atoms with Gasteiger partial charge >= 0.3 is 5.97 Å². The van der Waals surface area contributed by atoms with Gasteiger partial charge in [0.25, 0.3) is 0 Å². The standard InChI is InChI=1S/C7H13NO2S/c1-4(2)6(7(9)10)8-5(3)11/h4,6H,1-3H3,(H,8,11)(H,9,10)/t6-/m0/s1. The summed E-state index contributed by atoms with van der Waals surface area (Å²) in [5.74, 6) is -0.811. The summed E-state index contributed by atoms with van der Waals surface area (Å²) in [7, 11) is 0. The van der Waals surface area contributed by atoms with Crippen molar-refractivity contribution in [3.63, 3.8) is 0 Å². The Kier molecular flexibility index (Phi) is 4.03. The van der Waals surface area contributed by atoms with Crippen molar-refractivity contribution in [2.45, 2.75) is 26.8 Å². The number of carboxylic acid groups (broad SMARTS) is 1. The number of rotatable bonds is 3. The fraction of sp³-hybridized carbons (Fsp3) is 0.714. The van der Waals surface area contributed by atoms with E-state index >= 15 is 0 Å². The predicted octanol–water partition coefficient (Wildman–Crippen LogP) is 1.03. The fourth-order valence-electron chi connectivity index (χ4n) is 0.733. The Balaban J connectivity index is 4.12. The maximum Gasteiger partial charge on any atom is 0.326 e. The number of nitrogens with one attached hydrogen (secondary N) is 1. The molecule has 64 valence electrons. The van der Waals surface area contributed by atoms with E-state index in [2.05, 4.69) is 5.32 Å². The Morgan fingerprint density at radius 3 is 2.09 bits per heavy atom. The zero-order valence-corrected chi connectivity index (χ0v) is 7.73. The molecule has 0 aromatic carbocycles. The number of carboxylic acids is 1.